The Labute approximate surface area is 144 Å². The monoisotopic (exact) mass is 350 g/mol. The zero-order valence-corrected chi connectivity index (χ0v) is 13.8. The summed E-state index contributed by atoms with van der Waals surface area (Å²) in [5.74, 6) is 0. The van der Waals surface area contributed by atoms with Crippen molar-refractivity contribution in [3.8, 4) is 0 Å². The number of anilines is 1. The lowest BCUT2D eigenvalue weighted by Gasteiger charge is -2.33. The van der Waals surface area contributed by atoms with E-state index < -0.39 is 0 Å². The third-order valence-corrected chi connectivity index (χ3v) is 4.26. The second kappa shape index (κ2) is 7.21. The fourth-order valence-corrected chi connectivity index (χ4v) is 2.97. The van der Waals surface area contributed by atoms with E-state index in [-0.39, 0.29) is 12.1 Å². The van der Waals surface area contributed by atoms with Crippen LogP contribution in [0.25, 0.3) is 0 Å². The standard InChI is InChI=1S/C17H16Cl2N2O2/c18-12-4-3-5-13(10-12)20-17(22)21-8-9-23-16(11-21)14-6-1-2-7-15(14)19/h1-7,10,16H,8-9,11H2,(H,20,22). The molecule has 1 fully saturated rings. The molecule has 0 radical (unpaired) electrons. The molecule has 1 atom stereocenters. The van der Waals surface area contributed by atoms with Gasteiger partial charge >= 0.3 is 6.03 Å². The van der Waals surface area contributed by atoms with E-state index >= 15 is 0 Å². The van der Waals surface area contributed by atoms with Gasteiger partial charge in [0.05, 0.1) is 13.2 Å². The van der Waals surface area contributed by atoms with E-state index in [9.17, 15) is 4.79 Å². The highest BCUT2D eigenvalue weighted by molar-refractivity contribution is 6.31. The molecule has 0 saturated carbocycles. The van der Waals surface area contributed by atoms with Gasteiger partial charge in [-0.15, -0.1) is 0 Å². The minimum atomic E-state index is -0.220. The molecule has 2 aromatic carbocycles. The number of hydrogen-bond acceptors (Lipinski definition) is 2. The Morgan fingerprint density at radius 1 is 1.17 bits per heavy atom. The van der Waals surface area contributed by atoms with Gasteiger partial charge in [0, 0.05) is 27.8 Å². The summed E-state index contributed by atoms with van der Waals surface area (Å²) in [5.41, 5.74) is 1.57. The fraction of sp³-hybridized carbons (Fsp3) is 0.235. The lowest BCUT2D eigenvalue weighted by molar-refractivity contribution is -0.0134. The number of carbonyl (C=O) groups excluding carboxylic acids is 1. The maximum Gasteiger partial charge on any atom is 0.322 e. The molecule has 1 aliphatic rings. The fourth-order valence-electron chi connectivity index (χ4n) is 2.53. The maximum atomic E-state index is 12.4. The topological polar surface area (TPSA) is 41.6 Å². The van der Waals surface area contributed by atoms with Crippen LogP contribution in [0.4, 0.5) is 10.5 Å². The number of morpholine rings is 1. The van der Waals surface area contributed by atoms with Crippen molar-refractivity contribution in [3.63, 3.8) is 0 Å². The average molecular weight is 351 g/mol. The first-order valence-electron chi connectivity index (χ1n) is 7.31. The predicted octanol–water partition coefficient (Wildman–Crippen LogP) is 4.60. The molecule has 120 valence electrons. The van der Waals surface area contributed by atoms with Crippen molar-refractivity contribution in [2.75, 3.05) is 25.0 Å². The lowest BCUT2D eigenvalue weighted by Crippen LogP contribution is -2.44. The molecular weight excluding hydrogens is 335 g/mol. The molecule has 0 spiro atoms. The molecule has 4 nitrogen and oxygen atoms in total. The third kappa shape index (κ3) is 3.96. The molecular formula is C17H16Cl2N2O2. The Hall–Kier alpha value is -1.75. The number of ether oxygens (including phenoxy) is 1. The zero-order valence-electron chi connectivity index (χ0n) is 12.3. The molecule has 2 aromatic rings. The Bertz CT molecular complexity index is 708. The van der Waals surface area contributed by atoms with Crippen molar-refractivity contribution < 1.29 is 9.53 Å². The number of carbonyl (C=O) groups is 1. The molecule has 0 aliphatic carbocycles. The van der Waals surface area contributed by atoms with E-state index in [2.05, 4.69) is 5.32 Å². The van der Waals surface area contributed by atoms with Gasteiger partial charge in [-0.05, 0) is 24.3 Å². The van der Waals surface area contributed by atoms with E-state index in [4.69, 9.17) is 27.9 Å². The highest BCUT2D eigenvalue weighted by Gasteiger charge is 2.26. The quantitative estimate of drug-likeness (QED) is 0.859. The van der Waals surface area contributed by atoms with Crippen molar-refractivity contribution >= 4 is 34.9 Å². The van der Waals surface area contributed by atoms with Crippen molar-refractivity contribution in [3.05, 3.63) is 64.1 Å². The summed E-state index contributed by atoms with van der Waals surface area (Å²) >= 11 is 12.2. The Morgan fingerprint density at radius 3 is 2.78 bits per heavy atom. The summed E-state index contributed by atoms with van der Waals surface area (Å²) in [7, 11) is 0. The van der Waals surface area contributed by atoms with Crippen molar-refractivity contribution in [1.82, 2.24) is 4.90 Å². The smallest absolute Gasteiger partial charge is 0.322 e. The van der Waals surface area contributed by atoms with Gasteiger partial charge in [0.15, 0.2) is 0 Å². The van der Waals surface area contributed by atoms with Crippen LogP contribution in [0.2, 0.25) is 10.0 Å². The average Bonchev–Trinajstić information content (AvgIpc) is 2.55. The predicted molar refractivity (Wildman–Crippen MR) is 92.2 cm³/mol. The van der Waals surface area contributed by atoms with Gasteiger partial charge in [-0.2, -0.15) is 0 Å². The van der Waals surface area contributed by atoms with Crippen LogP contribution in [0.15, 0.2) is 48.5 Å². The summed E-state index contributed by atoms with van der Waals surface area (Å²) in [5, 5.41) is 4.08. The second-order valence-electron chi connectivity index (χ2n) is 5.27. The van der Waals surface area contributed by atoms with Gasteiger partial charge in [-0.3, -0.25) is 0 Å². The van der Waals surface area contributed by atoms with Crippen LogP contribution in [-0.2, 0) is 4.74 Å². The van der Waals surface area contributed by atoms with E-state index in [1.54, 1.807) is 29.2 Å². The molecule has 3 rings (SSSR count). The normalized spacial score (nSPS) is 17.8. The summed E-state index contributed by atoms with van der Waals surface area (Å²) in [4.78, 5) is 14.1. The lowest BCUT2D eigenvalue weighted by atomic mass is 10.1. The van der Waals surface area contributed by atoms with Gasteiger partial charge in [0.25, 0.3) is 0 Å². The largest absolute Gasteiger partial charge is 0.370 e. The van der Waals surface area contributed by atoms with Gasteiger partial charge in [0.2, 0.25) is 0 Å². The first-order valence-corrected chi connectivity index (χ1v) is 8.06. The minimum absolute atomic E-state index is 0.173. The molecule has 0 bridgehead atoms. The number of nitrogens with zero attached hydrogens (tertiary/aromatic N) is 1. The van der Waals surface area contributed by atoms with Crippen molar-refractivity contribution in [2.45, 2.75) is 6.10 Å². The molecule has 2 amide bonds. The first kappa shape index (κ1) is 16.1. The highest BCUT2D eigenvalue weighted by atomic mass is 35.5. The highest BCUT2D eigenvalue weighted by Crippen LogP contribution is 2.28. The van der Waals surface area contributed by atoms with Crippen LogP contribution in [0.3, 0.4) is 0 Å². The van der Waals surface area contributed by atoms with E-state index in [0.29, 0.717) is 35.4 Å². The maximum absolute atomic E-state index is 12.4. The van der Waals surface area contributed by atoms with Crippen LogP contribution >= 0.6 is 23.2 Å². The number of benzene rings is 2. The molecule has 0 aromatic heterocycles. The summed E-state index contributed by atoms with van der Waals surface area (Å²) in [6, 6.07) is 14.4. The summed E-state index contributed by atoms with van der Waals surface area (Å²) in [6.07, 6.45) is -0.220. The molecule has 1 saturated heterocycles. The minimum Gasteiger partial charge on any atom is -0.370 e. The third-order valence-electron chi connectivity index (χ3n) is 3.68. The first-order chi connectivity index (χ1) is 11.1. The Balaban J connectivity index is 1.68. The van der Waals surface area contributed by atoms with E-state index in [1.165, 1.54) is 0 Å². The molecule has 1 aliphatic heterocycles. The number of nitrogens with one attached hydrogen (secondary N) is 1. The van der Waals surface area contributed by atoms with E-state index in [0.717, 1.165) is 5.56 Å². The molecule has 1 heterocycles. The zero-order chi connectivity index (χ0) is 16.2. The van der Waals surface area contributed by atoms with Crippen LogP contribution in [0.1, 0.15) is 11.7 Å². The van der Waals surface area contributed by atoms with Crippen molar-refractivity contribution in [1.29, 1.82) is 0 Å². The van der Waals surface area contributed by atoms with Crippen LogP contribution in [-0.4, -0.2) is 30.6 Å². The second-order valence-corrected chi connectivity index (χ2v) is 6.11. The molecule has 23 heavy (non-hydrogen) atoms. The Morgan fingerprint density at radius 2 is 2.00 bits per heavy atom. The molecule has 1 N–H and O–H groups in total. The SMILES string of the molecule is O=C(Nc1cccc(Cl)c1)N1CCOC(c2ccccc2Cl)C1. The Kier molecular flexibility index (Phi) is 5.06. The van der Waals surface area contributed by atoms with Crippen LogP contribution in [0.5, 0.6) is 0 Å². The van der Waals surface area contributed by atoms with Gasteiger partial charge < -0.3 is 15.0 Å². The number of amides is 2. The number of urea groups is 1. The van der Waals surface area contributed by atoms with E-state index in [1.807, 2.05) is 24.3 Å². The number of halogens is 2. The van der Waals surface area contributed by atoms with Gasteiger partial charge in [-0.25, -0.2) is 4.79 Å². The van der Waals surface area contributed by atoms with Crippen molar-refractivity contribution in [2.24, 2.45) is 0 Å². The summed E-state index contributed by atoms with van der Waals surface area (Å²) < 4.78 is 5.77. The summed E-state index contributed by atoms with van der Waals surface area (Å²) in [6.45, 7) is 1.46. The van der Waals surface area contributed by atoms with Crippen LogP contribution < -0.4 is 5.32 Å². The molecule has 1 unspecified atom stereocenters. The number of hydrogen-bond donors (Lipinski definition) is 1. The van der Waals surface area contributed by atoms with Crippen LogP contribution in [0, 0.1) is 0 Å². The molecule has 6 heteroatoms. The number of rotatable bonds is 2. The van der Waals surface area contributed by atoms with Gasteiger partial charge in [-0.1, -0.05) is 47.5 Å². The van der Waals surface area contributed by atoms with Gasteiger partial charge in [0.1, 0.15) is 6.10 Å².